The number of hydrogen-bond acceptors (Lipinski definition) is 2. The number of Topliss-reactive ketones (excluding diaryl/α,β-unsaturated/α-hetero) is 1. The van der Waals surface area contributed by atoms with Crippen LogP contribution in [0.15, 0.2) is 48.5 Å². The molecule has 0 radical (unpaired) electrons. The van der Waals surface area contributed by atoms with Crippen molar-refractivity contribution in [1.82, 2.24) is 0 Å². The zero-order valence-electron chi connectivity index (χ0n) is 9.60. The number of hydrogen-bond donors (Lipinski definition) is 0. The van der Waals surface area contributed by atoms with E-state index < -0.39 is 0 Å². The van der Waals surface area contributed by atoms with Gasteiger partial charge in [0, 0.05) is 5.02 Å². The molecular weight excluding hydrogens is 248 g/mol. The van der Waals surface area contributed by atoms with Crippen LogP contribution in [0.2, 0.25) is 5.02 Å². The van der Waals surface area contributed by atoms with Gasteiger partial charge in [0.05, 0.1) is 11.5 Å². The van der Waals surface area contributed by atoms with Gasteiger partial charge in [0.2, 0.25) is 0 Å². The summed E-state index contributed by atoms with van der Waals surface area (Å²) in [6.07, 6.45) is 0. The van der Waals surface area contributed by atoms with E-state index >= 15 is 0 Å². The molecule has 0 saturated heterocycles. The van der Waals surface area contributed by atoms with E-state index in [1.54, 1.807) is 12.1 Å². The SMILES string of the molecule is O=C1c2ccccc2OCC1c1ccccc1Cl. The Morgan fingerprint density at radius 3 is 2.61 bits per heavy atom. The third-order valence-electron chi connectivity index (χ3n) is 3.16. The number of rotatable bonds is 1. The number of benzene rings is 2. The van der Waals surface area contributed by atoms with Crippen molar-refractivity contribution in [2.24, 2.45) is 0 Å². The minimum atomic E-state index is -0.311. The van der Waals surface area contributed by atoms with E-state index in [0.717, 1.165) is 5.56 Å². The van der Waals surface area contributed by atoms with Gasteiger partial charge in [-0.1, -0.05) is 41.9 Å². The zero-order chi connectivity index (χ0) is 12.5. The van der Waals surface area contributed by atoms with Gasteiger partial charge in [-0.2, -0.15) is 0 Å². The van der Waals surface area contributed by atoms with Crippen LogP contribution in [0.25, 0.3) is 0 Å². The Morgan fingerprint density at radius 1 is 1.06 bits per heavy atom. The maximum atomic E-state index is 12.4. The van der Waals surface area contributed by atoms with Crippen LogP contribution >= 0.6 is 11.6 Å². The summed E-state index contributed by atoms with van der Waals surface area (Å²) >= 11 is 6.14. The molecule has 3 rings (SSSR count). The van der Waals surface area contributed by atoms with Gasteiger partial charge < -0.3 is 4.74 Å². The van der Waals surface area contributed by atoms with E-state index in [1.165, 1.54) is 0 Å². The molecule has 1 unspecified atom stereocenters. The van der Waals surface area contributed by atoms with Crippen molar-refractivity contribution >= 4 is 17.4 Å². The maximum absolute atomic E-state index is 12.4. The van der Waals surface area contributed by atoms with Crippen LogP contribution in [0.5, 0.6) is 5.75 Å². The van der Waals surface area contributed by atoms with Crippen LogP contribution < -0.4 is 4.74 Å². The molecule has 0 fully saturated rings. The smallest absolute Gasteiger partial charge is 0.177 e. The van der Waals surface area contributed by atoms with Gasteiger partial charge in [0.15, 0.2) is 5.78 Å². The van der Waals surface area contributed by atoms with Crippen LogP contribution in [0.4, 0.5) is 0 Å². The molecule has 1 heterocycles. The van der Waals surface area contributed by atoms with Crippen molar-refractivity contribution in [3.8, 4) is 5.75 Å². The van der Waals surface area contributed by atoms with E-state index in [1.807, 2.05) is 36.4 Å². The zero-order valence-corrected chi connectivity index (χ0v) is 10.4. The Balaban J connectivity index is 2.03. The van der Waals surface area contributed by atoms with Gasteiger partial charge in [0.25, 0.3) is 0 Å². The second kappa shape index (κ2) is 4.46. The van der Waals surface area contributed by atoms with Crippen molar-refractivity contribution in [3.63, 3.8) is 0 Å². The van der Waals surface area contributed by atoms with Gasteiger partial charge in [-0.25, -0.2) is 0 Å². The Kier molecular flexibility index (Phi) is 2.80. The Morgan fingerprint density at radius 2 is 1.78 bits per heavy atom. The highest BCUT2D eigenvalue weighted by atomic mass is 35.5. The molecule has 0 aromatic heterocycles. The summed E-state index contributed by atoms with van der Waals surface area (Å²) in [5.74, 6) is 0.421. The summed E-state index contributed by atoms with van der Waals surface area (Å²) in [5, 5.41) is 0.610. The van der Waals surface area contributed by atoms with Crippen LogP contribution in [0.3, 0.4) is 0 Å². The van der Waals surface area contributed by atoms with Crippen molar-refractivity contribution < 1.29 is 9.53 Å². The molecule has 1 aliphatic heterocycles. The molecule has 0 N–H and O–H groups in total. The maximum Gasteiger partial charge on any atom is 0.177 e. The molecule has 0 spiro atoms. The normalized spacial score (nSPS) is 18.1. The summed E-state index contributed by atoms with van der Waals surface area (Å²) < 4.78 is 5.64. The minimum Gasteiger partial charge on any atom is -0.492 e. The quantitative estimate of drug-likeness (QED) is 0.780. The Hall–Kier alpha value is -1.80. The van der Waals surface area contributed by atoms with E-state index in [9.17, 15) is 4.79 Å². The highest BCUT2D eigenvalue weighted by Gasteiger charge is 2.30. The Bertz CT molecular complexity index is 607. The molecule has 0 bridgehead atoms. The fraction of sp³-hybridized carbons (Fsp3) is 0.133. The molecule has 90 valence electrons. The molecule has 1 aliphatic rings. The lowest BCUT2D eigenvalue weighted by Crippen LogP contribution is -2.26. The minimum absolute atomic E-state index is 0.0740. The molecule has 3 heteroatoms. The lowest BCUT2D eigenvalue weighted by atomic mass is 9.89. The van der Waals surface area contributed by atoms with Gasteiger partial charge in [0.1, 0.15) is 12.4 Å². The second-order valence-corrected chi connectivity index (χ2v) is 4.65. The fourth-order valence-corrected chi connectivity index (χ4v) is 2.49. The van der Waals surface area contributed by atoms with Crippen molar-refractivity contribution in [2.75, 3.05) is 6.61 Å². The van der Waals surface area contributed by atoms with Gasteiger partial charge in [-0.3, -0.25) is 4.79 Å². The molecule has 0 amide bonds. The number of fused-ring (bicyclic) bond motifs is 1. The molecule has 2 aromatic rings. The monoisotopic (exact) mass is 258 g/mol. The van der Waals surface area contributed by atoms with Crippen LogP contribution in [0.1, 0.15) is 21.8 Å². The van der Waals surface area contributed by atoms with Gasteiger partial charge >= 0.3 is 0 Å². The Labute approximate surface area is 110 Å². The van der Waals surface area contributed by atoms with Crippen LogP contribution in [0, 0.1) is 0 Å². The first-order chi connectivity index (χ1) is 8.77. The summed E-state index contributed by atoms with van der Waals surface area (Å²) in [4.78, 5) is 12.4. The number of ether oxygens (including phenoxy) is 1. The first-order valence-electron chi connectivity index (χ1n) is 5.78. The highest BCUT2D eigenvalue weighted by Crippen LogP contribution is 2.34. The fourth-order valence-electron chi connectivity index (χ4n) is 2.22. The van der Waals surface area contributed by atoms with Gasteiger partial charge in [-0.15, -0.1) is 0 Å². The number of para-hydroxylation sites is 1. The number of ketones is 1. The highest BCUT2D eigenvalue weighted by molar-refractivity contribution is 6.31. The summed E-state index contributed by atoms with van der Waals surface area (Å²) in [6, 6.07) is 14.7. The third-order valence-corrected chi connectivity index (χ3v) is 3.50. The van der Waals surface area contributed by atoms with E-state index in [0.29, 0.717) is 22.9 Å². The number of carbonyl (C=O) groups is 1. The number of carbonyl (C=O) groups excluding carboxylic acids is 1. The molecular formula is C15H11ClO2. The molecule has 18 heavy (non-hydrogen) atoms. The van der Waals surface area contributed by atoms with E-state index in [4.69, 9.17) is 16.3 Å². The van der Waals surface area contributed by atoms with Gasteiger partial charge in [-0.05, 0) is 23.8 Å². The third kappa shape index (κ3) is 1.79. The predicted octanol–water partition coefficient (Wildman–Crippen LogP) is 3.70. The number of halogens is 1. The summed E-state index contributed by atoms with van der Waals surface area (Å²) in [6.45, 7) is 0.347. The van der Waals surface area contributed by atoms with Crippen molar-refractivity contribution in [2.45, 2.75) is 5.92 Å². The average molecular weight is 259 g/mol. The summed E-state index contributed by atoms with van der Waals surface area (Å²) in [5.41, 5.74) is 1.47. The van der Waals surface area contributed by atoms with E-state index in [-0.39, 0.29) is 11.7 Å². The van der Waals surface area contributed by atoms with Crippen molar-refractivity contribution in [1.29, 1.82) is 0 Å². The lowest BCUT2D eigenvalue weighted by Gasteiger charge is -2.24. The molecule has 2 nitrogen and oxygen atoms in total. The average Bonchev–Trinajstić information content (AvgIpc) is 2.41. The van der Waals surface area contributed by atoms with Crippen molar-refractivity contribution in [3.05, 3.63) is 64.7 Å². The molecule has 0 saturated carbocycles. The lowest BCUT2D eigenvalue weighted by molar-refractivity contribution is 0.0896. The largest absolute Gasteiger partial charge is 0.492 e. The molecule has 1 atom stereocenters. The molecule has 2 aromatic carbocycles. The first kappa shape index (κ1) is 11.3. The van der Waals surface area contributed by atoms with Crippen LogP contribution in [-0.2, 0) is 0 Å². The molecule has 0 aliphatic carbocycles. The summed E-state index contributed by atoms with van der Waals surface area (Å²) in [7, 11) is 0. The standard InChI is InChI=1S/C15H11ClO2/c16-13-7-3-1-5-10(13)12-9-18-14-8-4-2-6-11(14)15(12)17/h1-8,12H,9H2. The topological polar surface area (TPSA) is 26.3 Å². The van der Waals surface area contributed by atoms with Crippen LogP contribution in [-0.4, -0.2) is 12.4 Å². The van der Waals surface area contributed by atoms with E-state index in [2.05, 4.69) is 0 Å². The second-order valence-electron chi connectivity index (χ2n) is 4.25. The predicted molar refractivity (Wildman–Crippen MR) is 70.5 cm³/mol. The first-order valence-corrected chi connectivity index (χ1v) is 6.15.